The zero-order valence-corrected chi connectivity index (χ0v) is 17.5. The number of rotatable bonds is 9. The van der Waals surface area contributed by atoms with Crippen LogP contribution in [0.1, 0.15) is 21.6 Å². The van der Waals surface area contributed by atoms with Gasteiger partial charge in [0.1, 0.15) is 6.61 Å². The molecule has 1 saturated heterocycles. The molecule has 2 N–H and O–H groups in total. The monoisotopic (exact) mass is 434 g/mol. The molecule has 1 aromatic carbocycles. The first-order valence-corrected chi connectivity index (χ1v) is 11.0. The van der Waals surface area contributed by atoms with Gasteiger partial charge >= 0.3 is 12.1 Å². The van der Waals surface area contributed by atoms with Crippen LogP contribution >= 0.6 is 23.1 Å². The van der Waals surface area contributed by atoms with Crippen molar-refractivity contribution in [1.82, 2.24) is 9.88 Å². The van der Waals surface area contributed by atoms with E-state index in [0.29, 0.717) is 23.1 Å². The summed E-state index contributed by atoms with van der Waals surface area (Å²) >= 11 is 2.67. The van der Waals surface area contributed by atoms with Crippen LogP contribution in [-0.2, 0) is 11.2 Å². The molecule has 0 radical (unpaired) electrons. The van der Waals surface area contributed by atoms with E-state index in [2.05, 4.69) is 4.98 Å². The van der Waals surface area contributed by atoms with Crippen molar-refractivity contribution in [3.05, 3.63) is 58.6 Å². The first kappa shape index (κ1) is 21.4. The van der Waals surface area contributed by atoms with Gasteiger partial charge in [-0.15, -0.1) is 11.3 Å². The molecule has 154 valence electrons. The van der Waals surface area contributed by atoms with Crippen molar-refractivity contribution in [1.29, 1.82) is 0 Å². The van der Waals surface area contributed by atoms with E-state index in [1.807, 2.05) is 37.3 Å². The predicted octanol–water partition coefficient (Wildman–Crippen LogP) is 3.22. The largest absolute Gasteiger partial charge is 0.476 e. The predicted molar refractivity (Wildman–Crippen MR) is 112 cm³/mol. The van der Waals surface area contributed by atoms with Crippen LogP contribution in [0.25, 0.3) is 0 Å². The van der Waals surface area contributed by atoms with E-state index in [1.54, 1.807) is 11.0 Å². The zero-order chi connectivity index (χ0) is 20.8. The maximum atomic E-state index is 12.0. The van der Waals surface area contributed by atoms with Crippen LogP contribution in [-0.4, -0.2) is 63.2 Å². The number of aromatic carboxylic acids is 1. The molecule has 0 spiro atoms. The van der Waals surface area contributed by atoms with Crippen LogP contribution in [0.2, 0.25) is 0 Å². The third kappa shape index (κ3) is 6.06. The topological polar surface area (TPSA) is 100.0 Å². The molecule has 7 nitrogen and oxygen atoms in total. The van der Waals surface area contributed by atoms with E-state index >= 15 is 0 Å². The zero-order valence-electron chi connectivity index (χ0n) is 15.9. The van der Waals surface area contributed by atoms with E-state index in [9.17, 15) is 14.7 Å². The number of benzene rings is 1. The number of carbonyl (C=O) groups is 2. The summed E-state index contributed by atoms with van der Waals surface area (Å²) in [4.78, 5) is 28.5. The number of cyclic esters (lactones) is 1. The van der Waals surface area contributed by atoms with Crippen molar-refractivity contribution in [2.75, 3.05) is 18.9 Å². The molecule has 2 heterocycles. The number of aryl methyl sites for hydroxylation is 1. The highest BCUT2D eigenvalue weighted by Gasteiger charge is 2.30. The Morgan fingerprint density at radius 2 is 2.34 bits per heavy atom. The van der Waals surface area contributed by atoms with Crippen molar-refractivity contribution in [2.45, 2.75) is 29.8 Å². The van der Waals surface area contributed by atoms with Crippen LogP contribution in [0, 0.1) is 6.92 Å². The second-order valence-corrected chi connectivity index (χ2v) is 8.84. The average molecular weight is 435 g/mol. The molecule has 2 aromatic rings. The molecular weight excluding hydrogens is 412 g/mol. The Labute approximate surface area is 177 Å². The fraction of sp³-hybridized carbons (Fsp3) is 0.350. The number of carboxylic acids is 1. The summed E-state index contributed by atoms with van der Waals surface area (Å²) in [5.41, 5.74) is 2.23. The molecule has 0 bridgehead atoms. The molecule has 9 heteroatoms. The van der Waals surface area contributed by atoms with E-state index in [4.69, 9.17) is 9.84 Å². The highest BCUT2D eigenvalue weighted by atomic mass is 32.2. The number of hydrogen-bond donors (Lipinski definition) is 2. The van der Waals surface area contributed by atoms with Gasteiger partial charge in [0, 0.05) is 24.1 Å². The Morgan fingerprint density at radius 1 is 1.52 bits per heavy atom. The number of thioether (sulfide) groups is 1. The van der Waals surface area contributed by atoms with Crippen LogP contribution in [0.5, 0.6) is 0 Å². The van der Waals surface area contributed by atoms with Crippen LogP contribution < -0.4 is 0 Å². The Bertz CT molecular complexity index is 899. The summed E-state index contributed by atoms with van der Waals surface area (Å²) in [6.07, 6.45) is 2.98. The van der Waals surface area contributed by atoms with E-state index < -0.39 is 18.2 Å². The van der Waals surface area contributed by atoms with E-state index in [1.165, 1.54) is 28.5 Å². The lowest BCUT2D eigenvalue weighted by molar-refractivity contribution is 0.0690. The first-order valence-electron chi connectivity index (χ1n) is 9.09. The van der Waals surface area contributed by atoms with Gasteiger partial charge in [-0.1, -0.05) is 53.7 Å². The molecule has 0 unspecified atom stereocenters. The fourth-order valence-corrected chi connectivity index (χ4v) is 4.75. The van der Waals surface area contributed by atoms with Crippen molar-refractivity contribution >= 4 is 35.2 Å². The number of aromatic nitrogens is 1. The average Bonchev–Trinajstić information content (AvgIpc) is 3.28. The van der Waals surface area contributed by atoms with Crippen molar-refractivity contribution in [3.63, 3.8) is 0 Å². The second kappa shape index (κ2) is 9.91. The summed E-state index contributed by atoms with van der Waals surface area (Å²) in [7, 11) is 0. The minimum absolute atomic E-state index is 0.0292. The standard InChI is InChI=1S/C20H22N2O5S2/c1-13-3-2-4-14(9-13)10-16(23)6-5-15-11-27-20(26)22(15)7-8-28-19-21-17(12-29-19)18(24)25/h2-6,9,12,15-16,23H,7-8,10-11H2,1H3,(H,24,25)/b6-5+/t15-,16+/m0/s1. The Hall–Kier alpha value is -2.36. The summed E-state index contributed by atoms with van der Waals surface area (Å²) in [5.74, 6) is -0.483. The number of nitrogens with zero attached hydrogens (tertiary/aromatic N) is 2. The lowest BCUT2D eigenvalue weighted by Crippen LogP contribution is -2.34. The van der Waals surface area contributed by atoms with Crippen LogP contribution in [0.4, 0.5) is 4.79 Å². The third-order valence-electron chi connectivity index (χ3n) is 4.36. The van der Waals surface area contributed by atoms with Gasteiger partial charge in [-0.25, -0.2) is 14.6 Å². The van der Waals surface area contributed by atoms with Gasteiger partial charge in [0.2, 0.25) is 0 Å². The van der Waals surface area contributed by atoms with Crippen molar-refractivity contribution in [3.8, 4) is 0 Å². The maximum absolute atomic E-state index is 12.0. The number of ether oxygens (including phenoxy) is 1. The lowest BCUT2D eigenvalue weighted by atomic mass is 10.0. The van der Waals surface area contributed by atoms with Gasteiger partial charge < -0.3 is 14.9 Å². The minimum atomic E-state index is -1.05. The van der Waals surface area contributed by atoms with Crippen LogP contribution in [0.3, 0.4) is 0 Å². The van der Waals surface area contributed by atoms with Crippen LogP contribution in [0.15, 0.2) is 46.1 Å². The number of carboxylic acid groups (broad SMARTS) is 1. The molecule has 1 amide bonds. The SMILES string of the molecule is Cc1cccc(C[C@H](O)/C=C/[C@H]2COC(=O)N2CCSc2nc(C(=O)O)cs2)c1. The molecular formula is C20H22N2O5S2. The number of aliphatic hydroxyl groups excluding tert-OH is 1. The Morgan fingerprint density at radius 3 is 3.07 bits per heavy atom. The minimum Gasteiger partial charge on any atom is -0.476 e. The number of carbonyl (C=O) groups excluding carboxylic acids is 1. The van der Waals surface area contributed by atoms with Gasteiger partial charge in [0.05, 0.1) is 12.1 Å². The third-order valence-corrected chi connectivity index (χ3v) is 6.36. The molecule has 29 heavy (non-hydrogen) atoms. The van der Waals surface area contributed by atoms with Gasteiger partial charge in [-0.05, 0) is 12.5 Å². The highest BCUT2D eigenvalue weighted by Crippen LogP contribution is 2.24. The molecule has 1 aliphatic rings. The number of thiazole rings is 1. The molecule has 1 fully saturated rings. The van der Waals surface area contributed by atoms with Gasteiger partial charge in [0.15, 0.2) is 10.0 Å². The number of aliphatic hydroxyl groups is 1. The number of amides is 1. The molecule has 0 saturated carbocycles. The summed E-state index contributed by atoms with van der Waals surface area (Å²) < 4.78 is 5.79. The van der Waals surface area contributed by atoms with Gasteiger partial charge in [-0.2, -0.15) is 0 Å². The molecule has 2 atom stereocenters. The van der Waals surface area contributed by atoms with Crippen molar-refractivity contribution < 1.29 is 24.5 Å². The Kier molecular flexibility index (Phi) is 7.29. The quantitative estimate of drug-likeness (QED) is 0.462. The highest BCUT2D eigenvalue weighted by molar-refractivity contribution is 8.01. The van der Waals surface area contributed by atoms with Gasteiger partial charge in [-0.3, -0.25) is 4.90 Å². The fourth-order valence-electron chi connectivity index (χ4n) is 2.94. The molecule has 1 aliphatic heterocycles. The van der Waals surface area contributed by atoms with E-state index in [-0.39, 0.29) is 18.3 Å². The lowest BCUT2D eigenvalue weighted by Gasteiger charge is -2.18. The first-order chi connectivity index (χ1) is 13.9. The smallest absolute Gasteiger partial charge is 0.410 e. The summed E-state index contributed by atoms with van der Waals surface area (Å²) in [5, 5.41) is 20.7. The normalized spacial score (nSPS) is 17.7. The molecule has 1 aromatic heterocycles. The molecule has 3 rings (SSSR count). The summed E-state index contributed by atoms with van der Waals surface area (Å²) in [6.45, 7) is 2.70. The van der Waals surface area contributed by atoms with Gasteiger partial charge in [0.25, 0.3) is 0 Å². The Balaban J connectivity index is 1.51. The second-order valence-electron chi connectivity index (χ2n) is 6.64. The maximum Gasteiger partial charge on any atom is 0.410 e. The molecule has 0 aliphatic carbocycles. The van der Waals surface area contributed by atoms with E-state index in [0.717, 1.165) is 11.1 Å². The number of hydrogen-bond acceptors (Lipinski definition) is 7. The summed E-state index contributed by atoms with van der Waals surface area (Å²) in [6, 6.07) is 7.76. The van der Waals surface area contributed by atoms with Crippen molar-refractivity contribution in [2.24, 2.45) is 0 Å².